The van der Waals surface area contributed by atoms with Gasteiger partial charge in [-0.1, -0.05) is 0 Å². The molecule has 5 heteroatoms. The number of nitrogens with zero attached hydrogens (tertiary/aromatic N) is 2. The standard InChI is InChI=1S/C9H12N4O/c1-14-8-4-2-7(3-5-8)12-6-13-9(10)11/h2-6H,1H3,(H4,10,11,12,13). The third kappa shape index (κ3) is 3.14. The van der Waals surface area contributed by atoms with Gasteiger partial charge in [0.05, 0.1) is 12.8 Å². The van der Waals surface area contributed by atoms with Crippen molar-refractivity contribution >= 4 is 18.0 Å². The molecule has 0 aliphatic carbocycles. The van der Waals surface area contributed by atoms with Gasteiger partial charge in [-0.05, 0) is 24.3 Å². The van der Waals surface area contributed by atoms with Crippen LogP contribution in [0.5, 0.6) is 5.75 Å². The van der Waals surface area contributed by atoms with E-state index in [-0.39, 0.29) is 5.96 Å². The van der Waals surface area contributed by atoms with Crippen molar-refractivity contribution in [2.45, 2.75) is 0 Å². The highest BCUT2D eigenvalue weighted by molar-refractivity contribution is 5.84. The van der Waals surface area contributed by atoms with E-state index < -0.39 is 0 Å². The van der Waals surface area contributed by atoms with E-state index in [1.54, 1.807) is 19.2 Å². The number of methoxy groups -OCH3 is 1. The molecule has 74 valence electrons. The first-order valence-electron chi connectivity index (χ1n) is 3.97. The zero-order chi connectivity index (χ0) is 10.4. The normalized spacial score (nSPS) is 10.1. The highest BCUT2D eigenvalue weighted by atomic mass is 16.5. The molecule has 5 nitrogen and oxygen atoms in total. The number of nitrogens with two attached hydrogens (primary N) is 2. The summed E-state index contributed by atoms with van der Waals surface area (Å²) in [5, 5.41) is 0. The molecule has 1 aromatic carbocycles. The lowest BCUT2D eigenvalue weighted by Crippen LogP contribution is -2.22. The fraction of sp³-hybridized carbons (Fsp3) is 0.111. The summed E-state index contributed by atoms with van der Waals surface area (Å²) in [5.41, 5.74) is 11.0. The molecule has 0 spiro atoms. The van der Waals surface area contributed by atoms with Crippen LogP contribution in [0.25, 0.3) is 0 Å². The molecule has 0 aromatic heterocycles. The Kier molecular flexibility index (Phi) is 3.49. The molecule has 0 aliphatic rings. The van der Waals surface area contributed by atoms with Crippen molar-refractivity contribution in [2.75, 3.05) is 7.11 Å². The summed E-state index contributed by atoms with van der Waals surface area (Å²) in [5.74, 6) is 0.771. The van der Waals surface area contributed by atoms with Crippen molar-refractivity contribution in [2.24, 2.45) is 21.5 Å². The molecular weight excluding hydrogens is 180 g/mol. The smallest absolute Gasteiger partial charge is 0.192 e. The average molecular weight is 192 g/mol. The van der Waals surface area contributed by atoms with Crippen molar-refractivity contribution < 1.29 is 4.74 Å². The van der Waals surface area contributed by atoms with Gasteiger partial charge in [0.1, 0.15) is 12.1 Å². The van der Waals surface area contributed by atoms with Crippen molar-refractivity contribution in [1.82, 2.24) is 0 Å². The van der Waals surface area contributed by atoms with Crippen LogP contribution in [0.15, 0.2) is 34.3 Å². The molecule has 0 radical (unpaired) electrons. The van der Waals surface area contributed by atoms with Crippen LogP contribution in [0.2, 0.25) is 0 Å². The van der Waals surface area contributed by atoms with E-state index in [9.17, 15) is 0 Å². The van der Waals surface area contributed by atoms with Gasteiger partial charge in [-0.2, -0.15) is 0 Å². The van der Waals surface area contributed by atoms with Gasteiger partial charge in [-0.25, -0.2) is 9.98 Å². The van der Waals surface area contributed by atoms with Crippen LogP contribution in [-0.2, 0) is 0 Å². The number of aliphatic imine (C=N–C) groups is 2. The molecule has 0 unspecified atom stereocenters. The highest BCUT2D eigenvalue weighted by Crippen LogP contribution is 2.16. The molecule has 0 heterocycles. The van der Waals surface area contributed by atoms with E-state index in [1.165, 1.54) is 6.34 Å². The molecule has 0 bridgehead atoms. The molecule has 1 aromatic rings. The van der Waals surface area contributed by atoms with E-state index in [0.717, 1.165) is 11.4 Å². The summed E-state index contributed by atoms with van der Waals surface area (Å²) in [6, 6.07) is 7.22. The minimum absolute atomic E-state index is 0.0118. The van der Waals surface area contributed by atoms with Gasteiger partial charge < -0.3 is 16.2 Å². The Labute approximate surface area is 82.1 Å². The Bertz CT molecular complexity index is 338. The minimum atomic E-state index is -0.0118. The number of rotatable bonds is 3. The van der Waals surface area contributed by atoms with Gasteiger partial charge >= 0.3 is 0 Å². The van der Waals surface area contributed by atoms with E-state index >= 15 is 0 Å². The fourth-order valence-corrected chi connectivity index (χ4v) is 0.830. The Morgan fingerprint density at radius 2 is 1.93 bits per heavy atom. The lowest BCUT2D eigenvalue weighted by molar-refractivity contribution is 0.415. The average Bonchev–Trinajstić information content (AvgIpc) is 2.18. The van der Waals surface area contributed by atoms with Gasteiger partial charge in [0.25, 0.3) is 0 Å². The molecule has 0 atom stereocenters. The Balaban J connectivity index is 2.69. The molecule has 0 amide bonds. The van der Waals surface area contributed by atoms with Crippen molar-refractivity contribution in [3.05, 3.63) is 24.3 Å². The monoisotopic (exact) mass is 192 g/mol. The van der Waals surface area contributed by atoms with Crippen molar-refractivity contribution in [3.63, 3.8) is 0 Å². The van der Waals surface area contributed by atoms with Crippen LogP contribution in [0, 0.1) is 0 Å². The maximum atomic E-state index is 5.12. The van der Waals surface area contributed by atoms with Crippen LogP contribution in [0.1, 0.15) is 0 Å². The number of guanidine groups is 1. The van der Waals surface area contributed by atoms with E-state index in [4.69, 9.17) is 16.2 Å². The third-order valence-corrected chi connectivity index (χ3v) is 1.49. The third-order valence-electron chi connectivity index (χ3n) is 1.49. The molecule has 14 heavy (non-hydrogen) atoms. The number of hydrogen-bond acceptors (Lipinski definition) is 2. The topological polar surface area (TPSA) is 86.0 Å². The van der Waals surface area contributed by atoms with Crippen LogP contribution >= 0.6 is 0 Å². The zero-order valence-electron chi connectivity index (χ0n) is 7.84. The van der Waals surface area contributed by atoms with Gasteiger partial charge in [0.15, 0.2) is 5.96 Å². The van der Waals surface area contributed by atoms with Crippen LogP contribution < -0.4 is 16.2 Å². The number of benzene rings is 1. The quantitative estimate of drug-likeness (QED) is 0.544. The largest absolute Gasteiger partial charge is 0.497 e. The highest BCUT2D eigenvalue weighted by Gasteiger charge is 1.89. The summed E-state index contributed by atoms with van der Waals surface area (Å²) >= 11 is 0. The summed E-state index contributed by atoms with van der Waals surface area (Å²) in [7, 11) is 1.61. The minimum Gasteiger partial charge on any atom is -0.497 e. The molecule has 4 N–H and O–H groups in total. The Morgan fingerprint density at radius 1 is 1.29 bits per heavy atom. The first-order chi connectivity index (χ1) is 6.72. The molecular formula is C9H12N4O. The summed E-state index contributed by atoms with van der Waals surface area (Å²) in [6.07, 6.45) is 1.30. The van der Waals surface area contributed by atoms with E-state index in [0.29, 0.717) is 0 Å². The molecule has 1 rings (SSSR count). The maximum Gasteiger partial charge on any atom is 0.192 e. The Morgan fingerprint density at radius 3 is 2.43 bits per heavy atom. The zero-order valence-corrected chi connectivity index (χ0v) is 7.84. The van der Waals surface area contributed by atoms with Crippen LogP contribution in [-0.4, -0.2) is 19.4 Å². The van der Waals surface area contributed by atoms with Crippen molar-refractivity contribution in [3.8, 4) is 5.75 Å². The van der Waals surface area contributed by atoms with Gasteiger partial charge in [0.2, 0.25) is 0 Å². The SMILES string of the molecule is COc1ccc(N=CN=C(N)N)cc1. The lowest BCUT2D eigenvalue weighted by Gasteiger charge is -1.97. The van der Waals surface area contributed by atoms with Gasteiger partial charge in [0, 0.05) is 0 Å². The van der Waals surface area contributed by atoms with Crippen LogP contribution in [0.4, 0.5) is 5.69 Å². The summed E-state index contributed by atoms with van der Waals surface area (Å²) in [6.45, 7) is 0. The molecule has 0 fully saturated rings. The Hall–Kier alpha value is -2.04. The van der Waals surface area contributed by atoms with Gasteiger partial charge in [-0.3, -0.25) is 0 Å². The maximum absolute atomic E-state index is 5.12. The second kappa shape index (κ2) is 4.86. The van der Waals surface area contributed by atoms with Gasteiger partial charge in [-0.15, -0.1) is 0 Å². The summed E-state index contributed by atoms with van der Waals surface area (Å²) in [4.78, 5) is 7.61. The first kappa shape index (κ1) is 10.0. The van der Waals surface area contributed by atoms with E-state index in [1.807, 2.05) is 12.1 Å². The number of ether oxygens (including phenoxy) is 1. The fourth-order valence-electron chi connectivity index (χ4n) is 0.830. The van der Waals surface area contributed by atoms with Crippen LogP contribution in [0.3, 0.4) is 0 Å². The number of hydrogen-bond donors (Lipinski definition) is 2. The predicted octanol–water partition coefficient (Wildman–Crippen LogP) is 0.628. The lowest BCUT2D eigenvalue weighted by atomic mass is 10.3. The van der Waals surface area contributed by atoms with Crippen molar-refractivity contribution in [1.29, 1.82) is 0 Å². The second-order valence-corrected chi connectivity index (χ2v) is 2.50. The van der Waals surface area contributed by atoms with E-state index in [2.05, 4.69) is 9.98 Å². The first-order valence-corrected chi connectivity index (χ1v) is 3.97. The molecule has 0 saturated carbocycles. The molecule has 0 aliphatic heterocycles. The molecule has 0 saturated heterocycles. The predicted molar refractivity (Wildman–Crippen MR) is 57.0 cm³/mol. The summed E-state index contributed by atoms with van der Waals surface area (Å²) < 4.78 is 4.99. The second-order valence-electron chi connectivity index (χ2n) is 2.50.